The lowest BCUT2D eigenvalue weighted by Crippen LogP contribution is -2.43. The maximum absolute atomic E-state index is 13.6. The fourth-order valence-electron chi connectivity index (χ4n) is 5.62. The van der Waals surface area contributed by atoms with Crippen LogP contribution in [-0.2, 0) is 27.7 Å². The van der Waals surface area contributed by atoms with E-state index in [2.05, 4.69) is 14.7 Å². The Hall–Kier alpha value is -5.75. The second-order valence-electron chi connectivity index (χ2n) is 13.4. The molecule has 0 saturated carbocycles. The highest BCUT2D eigenvalue weighted by atomic mass is 32.2. The minimum atomic E-state index is -4.33. The minimum Gasteiger partial charge on any atom is -0.478 e. The third-order valence-electron chi connectivity index (χ3n) is 7.94. The summed E-state index contributed by atoms with van der Waals surface area (Å²) in [6, 6.07) is 31.6. The zero-order chi connectivity index (χ0) is 37.5. The molecule has 5 rings (SSSR count). The number of carboxylic acid groups (broad SMARTS) is 1. The van der Waals surface area contributed by atoms with Gasteiger partial charge in [-0.25, -0.2) is 27.7 Å². The van der Waals surface area contributed by atoms with E-state index in [1.165, 1.54) is 18.2 Å². The predicted octanol–water partition coefficient (Wildman–Crippen LogP) is 7.69. The third-order valence-corrected chi connectivity index (χ3v) is 9.27. The number of hydrogen-bond acceptors (Lipinski definition) is 8. The Morgan fingerprint density at radius 3 is 2.06 bits per heavy atom. The average molecular weight is 723 g/mol. The lowest BCUT2D eigenvalue weighted by molar-refractivity contribution is 0.0146. The van der Waals surface area contributed by atoms with E-state index in [1.54, 1.807) is 31.7 Å². The van der Waals surface area contributed by atoms with Gasteiger partial charge in [-0.15, -0.1) is 0 Å². The smallest absolute Gasteiger partial charge is 0.410 e. The molecule has 4 aromatic carbocycles. The van der Waals surface area contributed by atoms with E-state index in [4.69, 9.17) is 9.47 Å². The fourth-order valence-corrected chi connectivity index (χ4v) is 6.61. The molecule has 0 aliphatic rings. The Bertz CT molecular complexity index is 2120. The fraction of sp³-hybridized carbons (Fsp3) is 0.250. The van der Waals surface area contributed by atoms with E-state index in [1.807, 2.05) is 92.7 Å². The minimum absolute atomic E-state index is 0.0643. The molecule has 1 atom stereocenters. The standard InChI is InChI=1S/C40H42N4O7S/c1-27-14-12-15-28(2)36(27)34-24-35(42-38(41-34)43-52(48,49)33-21-13-20-31(23-33)37(45)46)50-32(22-29-16-8-6-9-17-29)26-44(39(47)51-40(3,4)5)25-30-18-10-7-11-19-30/h6-21,23-24,32H,22,25-26H2,1-5H3,(H,45,46)(H,41,42,43)/t32-/m1/s1. The molecule has 0 radical (unpaired) electrons. The van der Waals surface area contributed by atoms with Crippen molar-refractivity contribution in [1.29, 1.82) is 0 Å². The summed E-state index contributed by atoms with van der Waals surface area (Å²) >= 11 is 0. The number of benzene rings is 4. The number of carboxylic acids is 1. The van der Waals surface area contributed by atoms with Gasteiger partial charge in [0, 0.05) is 24.6 Å². The van der Waals surface area contributed by atoms with Crippen LogP contribution in [0.4, 0.5) is 10.7 Å². The van der Waals surface area contributed by atoms with Gasteiger partial charge < -0.3 is 19.5 Å². The molecule has 2 N–H and O–H groups in total. The van der Waals surface area contributed by atoms with Gasteiger partial charge in [0.2, 0.25) is 11.8 Å². The van der Waals surface area contributed by atoms with E-state index in [-0.39, 0.29) is 35.4 Å². The van der Waals surface area contributed by atoms with Crippen molar-refractivity contribution in [2.45, 2.75) is 64.2 Å². The van der Waals surface area contributed by atoms with Gasteiger partial charge in [-0.05, 0) is 75.1 Å². The van der Waals surface area contributed by atoms with Crippen LogP contribution in [-0.4, -0.2) is 58.7 Å². The molecule has 12 heteroatoms. The van der Waals surface area contributed by atoms with Crippen molar-refractivity contribution in [3.05, 3.63) is 137 Å². The summed E-state index contributed by atoms with van der Waals surface area (Å²) in [5.41, 5.74) is 3.87. The third kappa shape index (κ3) is 10.2. The summed E-state index contributed by atoms with van der Waals surface area (Å²) in [5, 5.41) is 9.45. The molecule has 0 fully saturated rings. The Morgan fingerprint density at radius 1 is 0.827 bits per heavy atom. The topological polar surface area (TPSA) is 148 Å². The Balaban J connectivity index is 1.57. The van der Waals surface area contributed by atoms with Crippen LogP contribution in [0.1, 0.15) is 53.4 Å². The Morgan fingerprint density at radius 2 is 1.44 bits per heavy atom. The van der Waals surface area contributed by atoms with Crippen LogP contribution in [0, 0.1) is 13.8 Å². The Kier molecular flexibility index (Phi) is 11.6. The van der Waals surface area contributed by atoms with Crippen LogP contribution in [0.3, 0.4) is 0 Å². The summed E-state index contributed by atoms with van der Waals surface area (Å²) in [6.07, 6.45) is -0.814. The first-order valence-corrected chi connectivity index (χ1v) is 18.2. The number of hydrogen-bond donors (Lipinski definition) is 2. The molecule has 1 heterocycles. The van der Waals surface area contributed by atoms with Crippen LogP contribution in [0.15, 0.2) is 114 Å². The van der Waals surface area contributed by atoms with Gasteiger partial charge in [-0.2, -0.15) is 4.98 Å². The van der Waals surface area contributed by atoms with Crippen molar-refractivity contribution < 1.29 is 32.6 Å². The lowest BCUT2D eigenvalue weighted by Gasteiger charge is -2.30. The first kappa shape index (κ1) is 37.5. The zero-order valence-electron chi connectivity index (χ0n) is 29.7. The summed E-state index contributed by atoms with van der Waals surface area (Å²) in [4.78, 5) is 35.6. The first-order chi connectivity index (χ1) is 24.7. The van der Waals surface area contributed by atoms with E-state index in [0.717, 1.165) is 33.9 Å². The average Bonchev–Trinajstić information content (AvgIpc) is 3.08. The predicted molar refractivity (Wildman–Crippen MR) is 199 cm³/mol. The number of nitrogens with zero attached hydrogens (tertiary/aromatic N) is 3. The second kappa shape index (κ2) is 16.1. The molecule has 11 nitrogen and oxygen atoms in total. The monoisotopic (exact) mass is 722 g/mol. The number of amides is 1. The van der Waals surface area contributed by atoms with Crippen molar-refractivity contribution in [2.24, 2.45) is 0 Å². The summed E-state index contributed by atoms with van der Waals surface area (Å²) < 4.78 is 42.0. The molecule has 0 bridgehead atoms. The second-order valence-corrected chi connectivity index (χ2v) is 15.1. The van der Waals surface area contributed by atoms with Crippen molar-refractivity contribution >= 4 is 28.0 Å². The van der Waals surface area contributed by atoms with Crippen molar-refractivity contribution in [3.63, 3.8) is 0 Å². The van der Waals surface area contributed by atoms with Crippen LogP contribution in [0.5, 0.6) is 5.88 Å². The lowest BCUT2D eigenvalue weighted by atomic mass is 10.00. The van der Waals surface area contributed by atoms with Gasteiger partial charge in [-0.3, -0.25) is 0 Å². The van der Waals surface area contributed by atoms with Crippen LogP contribution >= 0.6 is 0 Å². The zero-order valence-corrected chi connectivity index (χ0v) is 30.6. The number of anilines is 1. The number of aromatic nitrogens is 2. The molecule has 270 valence electrons. The molecule has 0 spiro atoms. The largest absolute Gasteiger partial charge is 0.478 e. The molecular weight excluding hydrogens is 681 g/mol. The normalized spacial score (nSPS) is 12.1. The van der Waals surface area contributed by atoms with Crippen molar-refractivity contribution in [3.8, 4) is 17.1 Å². The summed E-state index contributed by atoms with van der Waals surface area (Å²) in [6.45, 7) is 9.62. The summed E-state index contributed by atoms with van der Waals surface area (Å²) in [5.74, 6) is -1.48. The number of sulfonamides is 1. The number of carbonyl (C=O) groups is 2. The van der Waals surface area contributed by atoms with Gasteiger partial charge in [0.05, 0.1) is 22.7 Å². The molecule has 0 aliphatic carbocycles. The first-order valence-electron chi connectivity index (χ1n) is 16.7. The highest BCUT2D eigenvalue weighted by molar-refractivity contribution is 7.92. The van der Waals surface area contributed by atoms with Crippen molar-refractivity contribution in [1.82, 2.24) is 14.9 Å². The molecule has 0 unspecified atom stereocenters. The summed E-state index contributed by atoms with van der Waals surface area (Å²) in [7, 11) is -4.33. The number of carbonyl (C=O) groups excluding carboxylic acids is 1. The highest BCUT2D eigenvalue weighted by Gasteiger charge is 2.27. The van der Waals surface area contributed by atoms with Crippen LogP contribution < -0.4 is 9.46 Å². The molecule has 1 amide bonds. The van der Waals surface area contributed by atoms with Gasteiger partial charge in [0.15, 0.2) is 0 Å². The highest BCUT2D eigenvalue weighted by Crippen LogP contribution is 2.30. The van der Waals surface area contributed by atoms with E-state index < -0.39 is 33.8 Å². The van der Waals surface area contributed by atoms with Crippen LogP contribution in [0.2, 0.25) is 0 Å². The number of rotatable bonds is 13. The molecule has 52 heavy (non-hydrogen) atoms. The molecule has 0 saturated heterocycles. The van der Waals surface area contributed by atoms with Crippen molar-refractivity contribution in [2.75, 3.05) is 11.3 Å². The molecule has 0 aliphatic heterocycles. The maximum Gasteiger partial charge on any atom is 0.410 e. The molecule has 5 aromatic rings. The van der Waals surface area contributed by atoms with E-state index >= 15 is 0 Å². The van der Waals surface area contributed by atoms with E-state index in [9.17, 15) is 23.1 Å². The van der Waals surface area contributed by atoms with Gasteiger partial charge in [0.25, 0.3) is 10.0 Å². The molecular formula is C40H42N4O7S. The molecule has 1 aromatic heterocycles. The van der Waals surface area contributed by atoms with Gasteiger partial charge >= 0.3 is 12.1 Å². The Labute approximate surface area is 304 Å². The number of ether oxygens (including phenoxy) is 2. The van der Waals surface area contributed by atoms with Gasteiger partial charge in [-0.1, -0.05) is 84.9 Å². The number of aromatic carboxylic acids is 1. The van der Waals surface area contributed by atoms with Gasteiger partial charge in [0.1, 0.15) is 11.7 Å². The van der Waals surface area contributed by atoms with E-state index in [0.29, 0.717) is 12.1 Å². The van der Waals surface area contributed by atoms with Crippen LogP contribution in [0.25, 0.3) is 11.3 Å². The number of nitrogens with one attached hydrogen (secondary N) is 1. The number of aryl methyl sites for hydroxylation is 2. The SMILES string of the molecule is Cc1cccc(C)c1-c1cc(O[C@H](Cc2ccccc2)CN(Cc2ccccc2)C(=O)OC(C)(C)C)nc(NS(=O)(=O)c2cccc(C(=O)O)c2)n1. The maximum atomic E-state index is 13.6. The quantitative estimate of drug-likeness (QED) is 0.125.